The number of Topliss-reactive ketones (excluding diaryl/α,β-unsaturated/α-hetero) is 1. The number of rotatable bonds is 3. The van der Waals surface area contributed by atoms with Crippen molar-refractivity contribution in [2.75, 3.05) is 13.1 Å². The summed E-state index contributed by atoms with van der Waals surface area (Å²) in [6, 6.07) is 0.341. The summed E-state index contributed by atoms with van der Waals surface area (Å²) < 4.78 is 52.4. The van der Waals surface area contributed by atoms with Gasteiger partial charge in [0.1, 0.15) is 0 Å². The molecule has 1 amide bonds. The van der Waals surface area contributed by atoms with E-state index in [1.165, 1.54) is 55.2 Å². The number of piperidine rings is 2. The molecule has 0 radical (unpaired) electrons. The number of hydrogen-bond donors (Lipinski definition) is 3. The second-order valence-electron chi connectivity index (χ2n) is 26.3. The summed E-state index contributed by atoms with van der Waals surface area (Å²) in [5, 5.41) is 24.5. The van der Waals surface area contributed by atoms with Crippen LogP contribution in [0.5, 0.6) is 0 Å². The molecule has 0 aromatic rings. The lowest BCUT2D eigenvalue weighted by Crippen LogP contribution is -2.54. The first-order valence-corrected chi connectivity index (χ1v) is 28.2. The molecule has 70 heavy (non-hydrogen) atoms. The lowest BCUT2D eigenvalue weighted by Gasteiger charge is -2.49. The Morgan fingerprint density at radius 2 is 1.23 bits per heavy atom. The van der Waals surface area contributed by atoms with E-state index in [9.17, 15) is 33.0 Å². The van der Waals surface area contributed by atoms with Crippen LogP contribution < -0.4 is 5.32 Å². The van der Waals surface area contributed by atoms with Crippen molar-refractivity contribution in [2.45, 2.75) is 225 Å². The molecule has 8 aliphatic carbocycles. The van der Waals surface area contributed by atoms with Gasteiger partial charge in [-0.05, 0) is 192 Å². The summed E-state index contributed by atoms with van der Waals surface area (Å²) in [6.07, 6.45) is 15.7. The van der Waals surface area contributed by atoms with Gasteiger partial charge in [0.2, 0.25) is 11.7 Å². The number of amides is 1. The quantitative estimate of drug-likeness (QED) is 0.242. The number of halogens is 3. The Morgan fingerprint density at radius 1 is 0.714 bits per heavy atom. The predicted molar refractivity (Wildman–Crippen MR) is 264 cm³/mol. The SMILES string of the molecule is CC1=C2C[C@H]3[C@@H](CC=C4C[C@@H](O)CC[C@@]43C)[C@@H]2CC[C@]12O[C@@H]1C[C@H](C)CN(C(=O)CCC(=O)C(F)(F)F)[C@H]1[C@H]2C.CC1=C2C[C@H]3[C@@H](CC=C4C[C@@H](O)CC[C@@]43C)[C@@H]2CC[C@]12O[C@@H]1C[C@H](C)CN[C@H]1[C@H]2C. The molecule has 0 aromatic carbocycles. The molecule has 3 N–H and O–H groups in total. The van der Waals surface area contributed by atoms with Gasteiger partial charge in [-0.1, -0.05) is 76.0 Å². The number of nitrogens with one attached hydrogen (secondary N) is 1. The van der Waals surface area contributed by atoms with Gasteiger partial charge in [0.25, 0.3) is 0 Å². The normalized spacial score (nSPS) is 49.1. The van der Waals surface area contributed by atoms with Gasteiger partial charge in [-0.25, -0.2) is 0 Å². The van der Waals surface area contributed by atoms with Crippen LogP contribution in [0.3, 0.4) is 0 Å². The van der Waals surface area contributed by atoms with E-state index in [0.717, 1.165) is 94.4 Å². The fourth-order valence-electron chi connectivity index (χ4n) is 19.2. The molecule has 12 rings (SSSR count). The van der Waals surface area contributed by atoms with Crippen LogP contribution in [-0.2, 0) is 19.1 Å². The summed E-state index contributed by atoms with van der Waals surface area (Å²) in [4.78, 5) is 26.5. The van der Waals surface area contributed by atoms with Crippen LogP contribution in [0.2, 0.25) is 0 Å². The Labute approximate surface area is 416 Å². The number of carbonyl (C=O) groups excluding carboxylic acids is 2. The number of nitrogens with zero attached hydrogens (tertiary/aromatic N) is 1. The molecule has 0 unspecified atom stereocenters. The molecule has 4 saturated carbocycles. The van der Waals surface area contributed by atoms with Crippen LogP contribution in [0.1, 0.15) is 171 Å². The van der Waals surface area contributed by atoms with E-state index in [1.807, 2.05) is 0 Å². The highest BCUT2D eigenvalue weighted by molar-refractivity contribution is 5.88. The van der Waals surface area contributed by atoms with E-state index < -0.39 is 30.4 Å². The summed E-state index contributed by atoms with van der Waals surface area (Å²) in [6.45, 7) is 20.3. The lowest BCUT2D eigenvalue weighted by molar-refractivity contribution is -0.171. The highest BCUT2D eigenvalue weighted by Crippen LogP contribution is 2.67. The van der Waals surface area contributed by atoms with Crippen molar-refractivity contribution in [3.8, 4) is 0 Å². The summed E-state index contributed by atoms with van der Waals surface area (Å²) in [5.41, 5.74) is 9.25. The monoisotopic (exact) mass is 975 g/mol. The highest BCUT2D eigenvalue weighted by Gasteiger charge is 2.64. The second-order valence-corrected chi connectivity index (χ2v) is 26.3. The third-order valence-corrected chi connectivity index (χ3v) is 23.1. The number of aliphatic hydroxyl groups is 2. The van der Waals surface area contributed by atoms with Crippen LogP contribution in [0.25, 0.3) is 0 Å². The molecule has 0 bridgehead atoms. The maximum Gasteiger partial charge on any atom is 0.449 e. The third-order valence-electron chi connectivity index (χ3n) is 23.1. The number of ether oxygens (including phenoxy) is 2. The maximum absolute atomic E-state index is 13.3. The van der Waals surface area contributed by atoms with Gasteiger partial charge >= 0.3 is 6.18 Å². The van der Waals surface area contributed by atoms with E-state index in [-0.39, 0.29) is 53.1 Å². The van der Waals surface area contributed by atoms with Gasteiger partial charge in [0.15, 0.2) is 0 Å². The molecule has 11 heteroatoms. The average molecular weight is 975 g/mol. The summed E-state index contributed by atoms with van der Waals surface area (Å²) >= 11 is 0. The van der Waals surface area contributed by atoms with Crippen LogP contribution in [-0.4, -0.2) is 93.8 Å². The van der Waals surface area contributed by atoms with Crippen molar-refractivity contribution >= 4 is 11.7 Å². The number of carbonyl (C=O) groups is 2. The van der Waals surface area contributed by atoms with E-state index in [0.29, 0.717) is 47.8 Å². The van der Waals surface area contributed by atoms with E-state index in [4.69, 9.17) is 9.47 Å². The minimum atomic E-state index is -4.91. The highest BCUT2D eigenvalue weighted by atomic mass is 19.4. The molecule has 8 fully saturated rings. The number of fused-ring (bicyclic) bond motifs is 12. The Balaban J connectivity index is 0.000000158. The van der Waals surface area contributed by atoms with Crippen molar-refractivity contribution in [3.63, 3.8) is 0 Å². The molecule has 2 spiro atoms. The Kier molecular flexibility index (Phi) is 12.6. The zero-order chi connectivity index (χ0) is 49.6. The standard InChI is InChI=1S/C32H44F3NO4.C27H41NO2/c1-17-13-26-29(36(16-17)28(39)8-7-27(38)32(33,34)35)19(3)31(40-26)12-10-22-23-6-5-20-14-21(37)9-11-30(20,4)25(23)15-24(22)18(31)2;1-15-11-24-25(28-14-15)17(3)27(30-24)10-8-20-21-6-5-18-12-19(29)7-9-26(18,4)23(21)13-22(20)16(27)2/h5,17,19,21-23,25-26,29,37H,6-16H2,1-4H3;5,15,17,19-21,23-25,28-29H,6-14H2,1-4H3/t17-,19+,21-,22-,23-,25-,26+,29-,30-,31-;15-,17+,19-,20-,21-,23-,24+,25-,26-,27-/m00/s1. The largest absolute Gasteiger partial charge is 0.449 e. The maximum atomic E-state index is 13.3. The van der Waals surface area contributed by atoms with Crippen LogP contribution in [0, 0.1) is 70.0 Å². The zero-order valence-electron chi connectivity index (χ0n) is 43.6. The van der Waals surface area contributed by atoms with Crippen molar-refractivity contribution in [2.24, 2.45) is 70.0 Å². The van der Waals surface area contributed by atoms with E-state index in [2.05, 4.69) is 72.9 Å². The average Bonchev–Trinajstić information content (AvgIpc) is 4.05. The number of allylic oxidation sites excluding steroid dienone is 4. The molecule has 20 atom stereocenters. The molecule has 388 valence electrons. The number of alkyl halides is 3. The first-order valence-electron chi connectivity index (χ1n) is 28.2. The van der Waals surface area contributed by atoms with Crippen molar-refractivity contribution in [1.82, 2.24) is 10.2 Å². The van der Waals surface area contributed by atoms with Crippen LogP contribution in [0.4, 0.5) is 13.2 Å². The Bertz CT molecular complexity index is 2250. The number of hydrogen-bond acceptors (Lipinski definition) is 7. The smallest absolute Gasteiger partial charge is 0.393 e. The molecule has 4 saturated heterocycles. The summed E-state index contributed by atoms with van der Waals surface area (Å²) in [5.74, 6) is 3.38. The van der Waals surface area contributed by atoms with E-state index >= 15 is 0 Å². The third kappa shape index (κ3) is 7.64. The van der Waals surface area contributed by atoms with Gasteiger partial charge in [0, 0.05) is 37.3 Å². The van der Waals surface area contributed by atoms with Gasteiger partial charge in [0.05, 0.1) is 41.7 Å². The molecule has 12 aliphatic rings. The molecule has 8 nitrogen and oxygen atoms in total. The molecule has 0 aromatic heterocycles. The lowest BCUT2D eigenvalue weighted by atomic mass is 9.56. The fraction of sp³-hybridized carbons (Fsp3) is 0.831. The number of likely N-dealkylation sites (tertiary alicyclic amines) is 1. The van der Waals surface area contributed by atoms with Gasteiger partial charge < -0.3 is 29.9 Å². The molecule has 4 aliphatic heterocycles. The van der Waals surface area contributed by atoms with Gasteiger partial charge in [-0.2, -0.15) is 13.2 Å². The molecule has 4 heterocycles. The van der Waals surface area contributed by atoms with Crippen molar-refractivity contribution in [3.05, 3.63) is 45.6 Å². The molecular formula is C59H85F3N2O6. The first kappa shape index (κ1) is 49.9. The van der Waals surface area contributed by atoms with Gasteiger partial charge in [-0.15, -0.1) is 0 Å². The fourth-order valence-corrected chi connectivity index (χ4v) is 19.2. The van der Waals surface area contributed by atoms with Crippen LogP contribution in [0.15, 0.2) is 45.6 Å². The second kappa shape index (κ2) is 17.7. The molecular weight excluding hydrogens is 890 g/mol. The predicted octanol–water partition coefficient (Wildman–Crippen LogP) is 11.2. The number of aliphatic hydroxyl groups excluding tert-OH is 2. The summed E-state index contributed by atoms with van der Waals surface area (Å²) in [7, 11) is 0. The minimum absolute atomic E-state index is 0.0222. The first-order chi connectivity index (χ1) is 33.1. The topological polar surface area (TPSA) is 108 Å². The Morgan fingerprint density at radius 3 is 1.77 bits per heavy atom. The van der Waals surface area contributed by atoms with Crippen molar-refractivity contribution < 1.29 is 42.4 Å². The van der Waals surface area contributed by atoms with Gasteiger partial charge in [-0.3, -0.25) is 9.59 Å². The zero-order valence-corrected chi connectivity index (χ0v) is 43.6. The van der Waals surface area contributed by atoms with E-state index in [1.54, 1.807) is 21.6 Å². The van der Waals surface area contributed by atoms with Crippen LogP contribution >= 0.6 is 0 Å². The number of ketones is 1. The Hall–Kier alpha value is -2.31. The van der Waals surface area contributed by atoms with Crippen molar-refractivity contribution in [1.29, 1.82) is 0 Å². The minimum Gasteiger partial charge on any atom is -0.393 e.